The molecule has 0 amide bonds. The van der Waals surface area contributed by atoms with Gasteiger partial charge in [0.05, 0.1) is 13.3 Å². The van der Waals surface area contributed by atoms with Crippen molar-refractivity contribution in [1.29, 1.82) is 0 Å². The van der Waals surface area contributed by atoms with Gasteiger partial charge < -0.3 is 14.6 Å². The van der Waals surface area contributed by atoms with E-state index < -0.39 is 11.6 Å². The van der Waals surface area contributed by atoms with E-state index in [2.05, 4.69) is 51.9 Å². The molecule has 40 heavy (non-hydrogen) atoms. The molecule has 210 valence electrons. The molecule has 2 aromatic heterocycles. The minimum absolute atomic E-state index is 0.324. The minimum atomic E-state index is -0.488. The monoisotopic (exact) mass is 544 g/mol. The molecule has 1 saturated heterocycles. The molecule has 0 bridgehead atoms. The molecular formula is C33H38F2N4O. The first-order valence-corrected chi connectivity index (χ1v) is 14.5. The fourth-order valence-corrected chi connectivity index (χ4v) is 6.70. The van der Waals surface area contributed by atoms with Crippen LogP contribution in [0.5, 0.6) is 5.75 Å². The number of nitrogens with zero attached hydrogens (tertiary/aromatic N) is 3. The molecule has 4 aromatic rings. The van der Waals surface area contributed by atoms with E-state index in [9.17, 15) is 4.39 Å². The average Bonchev–Trinajstić information content (AvgIpc) is 3.40. The Morgan fingerprint density at radius 2 is 1.90 bits per heavy atom. The Balaban J connectivity index is 1.11. The summed E-state index contributed by atoms with van der Waals surface area (Å²) in [6, 6.07) is 13.5. The Kier molecular flexibility index (Phi) is 7.60. The normalized spacial score (nSPS) is 18.8. The SMILES string of the molecule is COc1ccc(F)cc1-c1c(F)cnc2[nH]c(C3CCN(CCCc4cccc5c4CCN(C)C5C)CC3)cc12. The third kappa shape index (κ3) is 5.13. The van der Waals surface area contributed by atoms with Crippen LogP contribution in [0, 0.1) is 11.6 Å². The van der Waals surface area contributed by atoms with Crippen molar-refractivity contribution in [3.63, 3.8) is 0 Å². The van der Waals surface area contributed by atoms with Crippen molar-refractivity contribution < 1.29 is 13.5 Å². The molecule has 0 aliphatic carbocycles. The van der Waals surface area contributed by atoms with Gasteiger partial charge in [0.2, 0.25) is 0 Å². The summed E-state index contributed by atoms with van der Waals surface area (Å²) in [4.78, 5) is 12.8. The fourth-order valence-electron chi connectivity index (χ4n) is 6.70. The summed E-state index contributed by atoms with van der Waals surface area (Å²) in [5, 5.41) is 0.660. The van der Waals surface area contributed by atoms with Crippen molar-refractivity contribution in [1.82, 2.24) is 19.8 Å². The minimum Gasteiger partial charge on any atom is -0.496 e. The van der Waals surface area contributed by atoms with E-state index in [1.807, 2.05) is 6.07 Å². The number of pyridine rings is 1. The van der Waals surface area contributed by atoms with E-state index in [4.69, 9.17) is 4.74 Å². The first-order valence-electron chi connectivity index (χ1n) is 14.5. The van der Waals surface area contributed by atoms with E-state index in [1.165, 1.54) is 49.1 Å². The number of benzene rings is 2. The van der Waals surface area contributed by atoms with Crippen molar-refractivity contribution in [2.45, 2.75) is 51.0 Å². The Bertz CT molecular complexity index is 1510. The maximum Gasteiger partial charge on any atom is 0.150 e. The number of hydrogen-bond donors (Lipinski definition) is 1. The average molecular weight is 545 g/mol. The highest BCUT2D eigenvalue weighted by Crippen LogP contribution is 2.39. The van der Waals surface area contributed by atoms with E-state index in [-0.39, 0.29) is 0 Å². The van der Waals surface area contributed by atoms with Gasteiger partial charge in [0.1, 0.15) is 23.0 Å². The summed E-state index contributed by atoms with van der Waals surface area (Å²) in [6.45, 7) is 6.63. The van der Waals surface area contributed by atoms with Crippen LogP contribution in [-0.2, 0) is 12.8 Å². The van der Waals surface area contributed by atoms with Crippen molar-refractivity contribution in [2.75, 3.05) is 40.3 Å². The van der Waals surface area contributed by atoms with Gasteiger partial charge in [0.15, 0.2) is 0 Å². The Hall–Kier alpha value is -3.29. The van der Waals surface area contributed by atoms with E-state index >= 15 is 4.39 Å². The lowest BCUT2D eigenvalue weighted by Crippen LogP contribution is -2.34. The van der Waals surface area contributed by atoms with E-state index in [0.717, 1.165) is 57.6 Å². The van der Waals surface area contributed by atoms with Gasteiger partial charge in [0.25, 0.3) is 0 Å². The number of ether oxygens (including phenoxy) is 1. The zero-order chi connectivity index (χ0) is 27.8. The van der Waals surface area contributed by atoms with Crippen molar-refractivity contribution in [3.05, 3.63) is 82.7 Å². The second-order valence-electron chi connectivity index (χ2n) is 11.4. The number of likely N-dealkylation sites (tertiary alicyclic amines) is 1. The van der Waals surface area contributed by atoms with Crippen molar-refractivity contribution in [3.8, 4) is 16.9 Å². The summed E-state index contributed by atoms with van der Waals surface area (Å²) in [5.41, 5.74) is 7.01. The molecule has 0 saturated carbocycles. The summed E-state index contributed by atoms with van der Waals surface area (Å²) < 4.78 is 34.6. The number of aromatic amines is 1. The fraction of sp³-hybridized carbons (Fsp3) is 0.424. The molecule has 1 fully saturated rings. The number of hydrogen-bond acceptors (Lipinski definition) is 4. The van der Waals surface area contributed by atoms with Gasteiger partial charge >= 0.3 is 0 Å². The first-order chi connectivity index (χ1) is 19.4. The van der Waals surface area contributed by atoms with Crippen LogP contribution in [-0.4, -0.2) is 60.1 Å². The maximum absolute atomic E-state index is 15.1. The number of likely N-dealkylation sites (N-methyl/N-ethyl adjacent to an activating group) is 1. The van der Waals surface area contributed by atoms with Crippen LogP contribution in [0.25, 0.3) is 22.2 Å². The molecule has 2 aliphatic rings. The predicted molar refractivity (Wildman–Crippen MR) is 156 cm³/mol. The second kappa shape index (κ2) is 11.3. The summed E-state index contributed by atoms with van der Waals surface area (Å²) in [6.07, 6.45) is 6.73. The summed E-state index contributed by atoms with van der Waals surface area (Å²) >= 11 is 0. The predicted octanol–water partition coefficient (Wildman–Crippen LogP) is 6.88. The van der Waals surface area contributed by atoms with Gasteiger partial charge in [-0.05, 0) is 107 Å². The van der Waals surface area contributed by atoms with Crippen LogP contribution < -0.4 is 4.74 Å². The molecule has 0 spiro atoms. The Morgan fingerprint density at radius 3 is 2.70 bits per heavy atom. The number of nitrogens with one attached hydrogen (secondary N) is 1. The summed E-state index contributed by atoms with van der Waals surface area (Å²) in [7, 11) is 3.73. The molecule has 6 rings (SSSR count). The van der Waals surface area contributed by atoms with Gasteiger partial charge in [-0.15, -0.1) is 0 Å². The van der Waals surface area contributed by atoms with Gasteiger partial charge in [-0.1, -0.05) is 18.2 Å². The number of aromatic nitrogens is 2. The van der Waals surface area contributed by atoms with E-state index in [1.54, 1.807) is 5.56 Å². The van der Waals surface area contributed by atoms with Crippen LogP contribution in [0.1, 0.15) is 60.5 Å². The quantitative estimate of drug-likeness (QED) is 0.276. The molecule has 2 aliphatic heterocycles. The molecule has 4 heterocycles. The summed E-state index contributed by atoms with van der Waals surface area (Å²) in [5.74, 6) is -0.132. The second-order valence-corrected chi connectivity index (χ2v) is 11.4. The topological polar surface area (TPSA) is 44.4 Å². The van der Waals surface area contributed by atoms with Crippen molar-refractivity contribution >= 4 is 11.0 Å². The van der Waals surface area contributed by atoms with Crippen LogP contribution >= 0.6 is 0 Å². The van der Waals surface area contributed by atoms with Crippen LogP contribution in [0.3, 0.4) is 0 Å². The molecule has 1 N–H and O–H groups in total. The smallest absolute Gasteiger partial charge is 0.150 e. The highest BCUT2D eigenvalue weighted by atomic mass is 19.1. The molecule has 1 unspecified atom stereocenters. The molecule has 5 nitrogen and oxygen atoms in total. The Morgan fingerprint density at radius 1 is 1.07 bits per heavy atom. The molecule has 0 radical (unpaired) electrons. The number of fused-ring (bicyclic) bond motifs is 2. The lowest BCUT2D eigenvalue weighted by atomic mass is 9.88. The highest BCUT2D eigenvalue weighted by molar-refractivity contribution is 5.95. The third-order valence-electron chi connectivity index (χ3n) is 9.15. The highest BCUT2D eigenvalue weighted by Gasteiger charge is 2.25. The largest absolute Gasteiger partial charge is 0.496 e. The Labute approximate surface area is 235 Å². The van der Waals surface area contributed by atoms with Crippen LogP contribution in [0.15, 0.2) is 48.7 Å². The van der Waals surface area contributed by atoms with Gasteiger partial charge in [-0.3, -0.25) is 4.90 Å². The number of halogens is 2. The third-order valence-corrected chi connectivity index (χ3v) is 9.15. The van der Waals surface area contributed by atoms with Gasteiger partial charge in [-0.2, -0.15) is 0 Å². The zero-order valence-corrected chi connectivity index (χ0v) is 23.6. The number of rotatable bonds is 7. The maximum atomic E-state index is 15.1. The first kappa shape index (κ1) is 26.9. The number of piperidine rings is 1. The molecule has 7 heteroatoms. The lowest BCUT2D eigenvalue weighted by Gasteiger charge is -2.34. The van der Waals surface area contributed by atoms with Gasteiger partial charge in [-0.25, -0.2) is 13.8 Å². The number of aryl methyl sites for hydroxylation is 1. The molecule has 2 aromatic carbocycles. The number of H-pyrrole nitrogens is 1. The number of methoxy groups -OCH3 is 1. The van der Waals surface area contributed by atoms with Crippen LogP contribution in [0.2, 0.25) is 0 Å². The van der Waals surface area contributed by atoms with E-state index in [0.29, 0.717) is 39.9 Å². The lowest BCUT2D eigenvalue weighted by molar-refractivity contribution is 0.209. The molecule has 1 atom stereocenters. The van der Waals surface area contributed by atoms with Crippen LogP contribution in [0.4, 0.5) is 8.78 Å². The molecular weight excluding hydrogens is 506 g/mol. The van der Waals surface area contributed by atoms with Crippen molar-refractivity contribution in [2.24, 2.45) is 0 Å². The zero-order valence-electron chi connectivity index (χ0n) is 23.6. The standard InChI is InChI=1S/C33H38F2N4O/c1-21-25-8-4-6-22(26(25)13-15-38(21)2)7-5-14-39-16-11-23(12-17-39)30-19-28-32(29(35)20-36-33(28)37-30)27-18-24(34)9-10-31(27)40-3/h4,6,8-10,18-21,23H,5,7,11-17H2,1-3H3,(H,36,37). The van der Waals surface area contributed by atoms with Gasteiger partial charge in [0, 0.05) is 40.7 Å².